The van der Waals surface area contributed by atoms with Gasteiger partial charge in [-0.2, -0.15) is 5.10 Å². The average molecular weight is 308 g/mol. The molecule has 0 fully saturated rings. The van der Waals surface area contributed by atoms with Gasteiger partial charge in [0.15, 0.2) is 5.60 Å². The molecular formula is C18H20N4O. The van der Waals surface area contributed by atoms with E-state index in [1.54, 1.807) is 6.08 Å². The largest absolute Gasteiger partial charge is 0.375 e. The number of hydrogen-bond donors (Lipinski definition) is 4. The van der Waals surface area contributed by atoms with Crippen molar-refractivity contribution in [3.63, 3.8) is 0 Å². The van der Waals surface area contributed by atoms with Crippen molar-refractivity contribution >= 4 is 5.71 Å². The Labute approximate surface area is 135 Å². The summed E-state index contributed by atoms with van der Waals surface area (Å²) in [6.07, 6.45) is 1.64. The fourth-order valence-electron chi connectivity index (χ4n) is 2.61. The highest BCUT2D eigenvalue weighted by Gasteiger charge is 2.37. The van der Waals surface area contributed by atoms with E-state index >= 15 is 0 Å². The van der Waals surface area contributed by atoms with Crippen LogP contribution in [-0.4, -0.2) is 10.8 Å². The number of benzene rings is 2. The van der Waals surface area contributed by atoms with E-state index in [0.29, 0.717) is 11.5 Å². The lowest BCUT2D eigenvalue weighted by atomic mass is 9.83. The monoisotopic (exact) mass is 308 g/mol. The Bertz CT molecular complexity index is 763. The van der Waals surface area contributed by atoms with E-state index in [9.17, 15) is 5.11 Å². The maximum Gasteiger partial charge on any atom is 0.156 e. The van der Waals surface area contributed by atoms with Crippen LogP contribution in [-0.2, 0) is 5.60 Å². The fourth-order valence-corrected chi connectivity index (χ4v) is 2.61. The minimum absolute atomic E-state index is 0.448. The van der Waals surface area contributed by atoms with Crippen LogP contribution in [0.2, 0.25) is 0 Å². The summed E-state index contributed by atoms with van der Waals surface area (Å²) in [7, 11) is 0. The molecular weight excluding hydrogens is 288 g/mol. The highest BCUT2D eigenvalue weighted by Crippen LogP contribution is 2.31. The average Bonchev–Trinajstić information content (AvgIpc) is 2.56. The second kappa shape index (κ2) is 5.87. The van der Waals surface area contributed by atoms with Gasteiger partial charge < -0.3 is 10.5 Å². The Hall–Kier alpha value is -2.63. The van der Waals surface area contributed by atoms with Crippen molar-refractivity contribution in [3.05, 3.63) is 82.7 Å². The molecule has 2 aromatic rings. The van der Waals surface area contributed by atoms with E-state index in [0.717, 1.165) is 22.3 Å². The lowest BCUT2D eigenvalue weighted by Crippen LogP contribution is -2.43. The molecule has 5 heteroatoms. The van der Waals surface area contributed by atoms with Crippen LogP contribution in [0.15, 0.2) is 65.5 Å². The van der Waals surface area contributed by atoms with Crippen molar-refractivity contribution in [2.24, 2.45) is 10.9 Å². The molecule has 5 N–H and O–H groups in total. The van der Waals surface area contributed by atoms with E-state index in [4.69, 9.17) is 5.84 Å². The zero-order valence-electron chi connectivity index (χ0n) is 13.2. The Kier molecular flexibility index (Phi) is 3.90. The van der Waals surface area contributed by atoms with Crippen LogP contribution < -0.4 is 16.7 Å². The summed E-state index contributed by atoms with van der Waals surface area (Å²) >= 11 is 0. The zero-order valence-corrected chi connectivity index (χ0v) is 13.2. The molecule has 5 nitrogen and oxygen atoms in total. The molecule has 0 saturated carbocycles. The van der Waals surface area contributed by atoms with Crippen molar-refractivity contribution in [3.8, 4) is 0 Å². The maximum atomic E-state index is 11.4. The summed E-state index contributed by atoms with van der Waals surface area (Å²) in [6.45, 7) is 4.03. The predicted octanol–water partition coefficient (Wildman–Crippen LogP) is 1.80. The molecule has 23 heavy (non-hydrogen) atoms. The van der Waals surface area contributed by atoms with Crippen molar-refractivity contribution < 1.29 is 5.11 Å². The Morgan fingerprint density at radius 3 is 2.13 bits per heavy atom. The third-order valence-electron chi connectivity index (χ3n) is 3.97. The van der Waals surface area contributed by atoms with Crippen LogP contribution in [0.3, 0.4) is 0 Å². The third-order valence-corrected chi connectivity index (χ3v) is 3.97. The Morgan fingerprint density at radius 1 is 1.00 bits per heavy atom. The molecule has 0 bridgehead atoms. The van der Waals surface area contributed by atoms with Gasteiger partial charge in [0.1, 0.15) is 11.5 Å². The molecule has 1 aliphatic heterocycles. The third kappa shape index (κ3) is 2.84. The first-order chi connectivity index (χ1) is 11.0. The number of hydrogen-bond acceptors (Lipinski definition) is 5. The summed E-state index contributed by atoms with van der Waals surface area (Å²) in [4.78, 5) is 0. The van der Waals surface area contributed by atoms with Crippen LogP contribution >= 0.6 is 0 Å². The Balaban J connectivity index is 2.12. The van der Waals surface area contributed by atoms with Crippen LogP contribution in [0.1, 0.15) is 22.3 Å². The van der Waals surface area contributed by atoms with Crippen LogP contribution in [0.25, 0.3) is 0 Å². The molecule has 0 radical (unpaired) electrons. The molecule has 1 atom stereocenters. The van der Waals surface area contributed by atoms with Crippen molar-refractivity contribution in [1.82, 2.24) is 10.9 Å². The maximum absolute atomic E-state index is 11.4. The number of nitrogens with zero attached hydrogens (tertiary/aromatic N) is 1. The van der Waals surface area contributed by atoms with Crippen molar-refractivity contribution in [2.45, 2.75) is 19.4 Å². The SMILES string of the molecule is Cc1ccc(C2=NNC(NN)=CC2(O)c2ccc(C)cc2)cc1. The normalized spacial score (nSPS) is 20.3. The van der Waals surface area contributed by atoms with Gasteiger partial charge in [-0.05, 0) is 19.4 Å². The first-order valence-corrected chi connectivity index (χ1v) is 7.43. The number of aliphatic hydroxyl groups is 1. The summed E-state index contributed by atoms with van der Waals surface area (Å²) in [5.74, 6) is 5.92. The summed E-state index contributed by atoms with van der Waals surface area (Å²) in [5.41, 5.74) is 8.34. The van der Waals surface area contributed by atoms with Gasteiger partial charge in [0.2, 0.25) is 0 Å². The topological polar surface area (TPSA) is 82.7 Å². The summed E-state index contributed by atoms with van der Waals surface area (Å²) in [5, 5.41) is 15.7. The number of rotatable bonds is 3. The molecule has 0 saturated heterocycles. The van der Waals surface area contributed by atoms with Gasteiger partial charge in [0, 0.05) is 11.6 Å². The second-order valence-electron chi connectivity index (χ2n) is 5.77. The Morgan fingerprint density at radius 2 is 1.57 bits per heavy atom. The summed E-state index contributed by atoms with van der Waals surface area (Å²) in [6, 6.07) is 15.6. The minimum Gasteiger partial charge on any atom is -0.375 e. The van der Waals surface area contributed by atoms with E-state index in [-0.39, 0.29) is 0 Å². The summed E-state index contributed by atoms with van der Waals surface area (Å²) < 4.78 is 0. The number of hydrazine groups is 1. The fraction of sp³-hybridized carbons (Fsp3) is 0.167. The van der Waals surface area contributed by atoms with Crippen LogP contribution in [0.5, 0.6) is 0 Å². The van der Waals surface area contributed by atoms with Crippen molar-refractivity contribution in [1.29, 1.82) is 0 Å². The molecule has 0 spiro atoms. The lowest BCUT2D eigenvalue weighted by Gasteiger charge is -2.31. The van der Waals surface area contributed by atoms with Crippen LogP contribution in [0.4, 0.5) is 0 Å². The van der Waals surface area contributed by atoms with Crippen LogP contribution in [0, 0.1) is 13.8 Å². The van der Waals surface area contributed by atoms with Gasteiger partial charge in [-0.3, -0.25) is 5.43 Å². The van der Waals surface area contributed by atoms with Gasteiger partial charge in [0.05, 0.1) is 0 Å². The molecule has 0 aliphatic carbocycles. The molecule has 0 aromatic heterocycles. The highest BCUT2D eigenvalue weighted by molar-refractivity contribution is 6.08. The molecule has 3 rings (SSSR count). The number of aryl methyl sites for hydroxylation is 2. The molecule has 118 valence electrons. The van der Waals surface area contributed by atoms with Gasteiger partial charge in [-0.1, -0.05) is 59.7 Å². The van der Waals surface area contributed by atoms with Gasteiger partial charge in [-0.25, -0.2) is 5.84 Å². The van der Waals surface area contributed by atoms with Gasteiger partial charge in [-0.15, -0.1) is 0 Å². The number of hydrazone groups is 1. The zero-order chi connectivity index (χ0) is 16.4. The highest BCUT2D eigenvalue weighted by atomic mass is 16.3. The molecule has 1 unspecified atom stereocenters. The van der Waals surface area contributed by atoms with E-state index in [1.165, 1.54) is 0 Å². The molecule has 0 amide bonds. The first-order valence-electron chi connectivity index (χ1n) is 7.43. The standard InChI is InChI=1S/C18H20N4O/c1-12-3-7-14(8-4-12)17-18(23,11-16(20-19)21-22-17)15-9-5-13(2)6-10-15/h3-11,20-21,23H,19H2,1-2H3. The predicted molar refractivity (Wildman–Crippen MR) is 91.3 cm³/mol. The molecule has 1 heterocycles. The minimum atomic E-state index is -1.37. The molecule has 2 aromatic carbocycles. The first kappa shape index (κ1) is 15.3. The smallest absolute Gasteiger partial charge is 0.156 e. The quantitative estimate of drug-likeness (QED) is 0.515. The van der Waals surface area contributed by atoms with Gasteiger partial charge >= 0.3 is 0 Å². The number of nitrogens with one attached hydrogen (secondary N) is 2. The van der Waals surface area contributed by atoms with E-state index in [2.05, 4.69) is 16.0 Å². The van der Waals surface area contributed by atoms with Gasteiger partial charge in [0.25, 0.3) is 0 Å². The number of nitrogens with two attached hydrogens (primary N) is 1. The van der Waals surface area contributed by atoms with Crippen molar-refractivity contribution in [2.75, 3.05) is 0 Å². The second-order valence-corrected chi connectivity index (χ2v) is 5.77. The lowest BCUT2D eigenvalue weighted by molar-refractivity contribution is 0.159. The van der Waals surface area contributed by atoms with E-state index in [1.807, 2.05) is 62.4 Å². The molecule has 1 aliphatic rings. The van der Waals surface area contributed by atoms with E-state index < -0.39 is 5.60 Å².